The second-order valence-corrected chi connectivity index (χ2v) is 5.02. The first-order valence-electron chi connectivity index (χ1n) is 6.04. The summed E-state index contributed by atoms with van der Waals surface area (Å²) in [4.78, 5) is 14.0. The van der Waals surface area contributed by atoms with Gasteiger partial charge in [0.2, 0.25) is 0 Å². The fourth-order valence-electron chi connectivity index (χ4n) is 2.36. The monoisotopic (exact) mass is 211 g/mol. The lowest BCUT2D eigenvalue weighted by molar-refractivity contribution is -0.123. The number of ether oxygens (including phenoxy) is 1. The van der Waals surface area contributed by atoms with Crippen molar-refractivity contribution in [1.29, 1.82) is 0 Å². The molecule has 2 rings (SSSR count). The van der Waals surface area contributed by atoms with Gasteiger partial charge in [0.1, 0.15) is 0 Å². The zero-order chi connectivity index (χ0) is 10.7. The van der Waals surface area contributed by atoms with Crippen LogP contribution in [0.4, 0.5) is 0 Å². The van der Waals surface area contributed by atoms with E-state index in [-0.39, 0.29) is 5.92 Å². The van der Waals surface area contributed by atoms with Crippen LogP contribution in [0.15, 0.2) is 0 Å². The largest absolute Gasteiger partial charge is 0.381 e. The van der Waals surface area contributed by atoms with Gasteiger partial charge < -0.3 is 4.74 Å². The van der Waals surface area contributed by atoms with Gasteiger partial charge in [-0.1, -0.05) is 6.42 Å². The number of Topliss-reactive ketones (excluding diaryl/α,β-unsaturated/α-hetero) is 1. The lowest BCUT2D eigenvalue weighted by Gasteiger charge is -2.30. The Labute approximate surface area is 91.8 Å². The third-order valence-electron chi connectivity index (χ3n) is 3.61. The molecule has 2 aliphatic rings. The van der Waals surface area contributed by atoms with Crippen molar-refractivity contribution >= 4 is 5.78 Å². The number of ketones is 1. The number of nitrogens with zero attached hydrogens (tertiary/aromatic N) is 1. The Morgan fingerprint density at radius 3 is 2.73 bits per heavy atom. The third-order valence-corrected chi connectivity index (χ3v) is 3.61. The fraction of sp³-hybridized carbons (Fsp3) is 0.917. The van der Waals surface area contributed by atoms with Gasteiger partial charge >= 0.3 is 0 Å². The first-order valence-corrected chi connectivity index (χ1v) is 6.04. The molecule has 86 valence electrons. The van der Waals surface area contributed by atoms with Crippen molar-refractivity contribution in [2.24, 2.45) is 11.8 Å². The maximum absolute atomic E-state index is 11.8. The summed E-state index contributed by atoms with van der Waals surface area (Å²) >= 11 is 0. The summed E-state index contributed by atoms with van der Waals surface area (Å²) in [5, 5.41) is 0. The molecule has 2 fully saturated rings. The molecule has 0 aromatic carbocycles. The van der Waals surface area contributed by atoms with Gasteiger partial charge in [0, 0.05) is 19.1 Å². The Kier molecular flexibility index (Phi) is 3.76. The normalized spacial score (nSPS) is 26.9. The minimum absolute atomic E-state index is 0.175. The highest BCUT2D eigenvalue weighted by Gasteiger charge is 2.25. The van der Waals surface area contributed by atoms with E-state index in [0.717, 1.165) is 25.5 Å². The summed E-state index contributed by atoms with van der Waals surface area (Å²) in [6, 6.07) is 0. The highest BCUT2D eigenvalue weighted by molar-refractivity contribution is 5.83. The molecule has 3 nitrogen and oxygen atoms in total. The maximum atomic E-state index is 11.8. The van der Waals surface area contributed by atoms with Gasteiger partial charge in [0.15, 0.2) is 5.78 Å². The van der Waals surface area contributed by atoms with Crippen molar-refractivity contribution in [3.8, 4) is 0 Å². The second kappa shape index (κ2) is 5.08. The first-order chi connectivity index (χ1) is 7.25. The minimum Gasteiger partial charge on any atom is -0.381 e. The molecular formula is C12H21NO2. The Balaban J connectivity index is 1.67. The number of likely N-dealkylation sites (N-methyl/N-ethyl adjacent to an activating group) is 1. The molecule has 1 saturated carbocycles. The van der Waals surface area contributed by atoms with Crippen molar-refractivity contribution in [2.75, 3.05) is 33.4 Å². The van der Waals surface area contributed by atoms with Crippen molar-refractivity contribution < 1.29 is 9.53 Å². The second-order valence-electron chi connectivity index (χ2n) is 5.02. The molecule has 0 radical (unpaired) electrons. The minimum atomic E-state index is 0.175. The van der Waals surface area contributed by atoms with Crippen LogP contribution < -0.4 is 0 Å². The average molecular weight is 211 g/mol. The van der Waals surface area contributed by atoms with E-state index in [4.69, 9.17) is 4.74 Å². The van der Waals surface area contributed by atoms with Crippen molar-refractivity contribution in [3.63, 3.8) is 0 Å². The highest BCUT2D eigenvalue weighted by atomic mass is 16.5. The van der Waals surface area contributed by atoms with Gasteiger partial charge in [-0.25, -0.2) is 0 Å². The van der Waals surface area contributed by atoms with Crippen molar-refractivity contribution in [3.05, 3.63) is 0 Å². The standard InChI is InChI=1S/C12H21NO2/c1-13(7-10-3-2-4-10)8-12(14)11-5-6-15-9-11/h10-11H,2-9H2,1H3. The topological polar surface area (TPSA) is 29.5 Å². The molecule has 1 aliphatic heterocycles. The number of carbonyl (C=O) groups excluding carboxylic acids is 1. The lowest BCUT2D eigenvalue weighted by Crippen LogP contribution is -2.35. The van der Waals surface area contributed by atoms with Crippen LogP contribution in [-0.4, -0.2) is 44.0 Å². The Hall–Kier alpha value is -0.410. The number of hydrogen-bond donors (Lipinski definition) is 0. The molecule has 0 amide bonds. The number of carbonyl (C=O) groups is 1. The molecule has 1 saturated heterocycles. The summed E-state index contributed by atoms with van der Waals surface area (Å²) in [5.41, 5.74) is 0. The van der Waals surface area contributed by atoms with E-state index in [0.29, 0.717) is 18.9 Å². The molecule has 1 unspecified atom stereocenters. The zero-order valence-electron chi connectivity index (χ0n) is 9.58. The van der Waals surface area contributed by atoms with Gasteiger partial charge in [0.25, 0.3) is 0 Å². The van der Waals surface area contributed by atoms with Crippen LogP contribution in [-0.2, 0) is 9.53 Å². The molecule has 0 spiro atoms. The first kappa shape index (κ1) is 11.1. The van der Waals surface area contributed by atoms with E-state index >= 15 is 0 Å². The summed E-state index contributed by atoms with van der Waals surface area (Å²) < 4.78 is 5.23. The van der Waals surface area contributed by atoms with E-state index in [1.807, 2.05) is 0 Å². The third kappa shape index (κ3) is 3.02. The van der Waals surface area contributed by atoms with Gasteiger partial charge in [0.05, 0.1) is 13.2 Å². The van der Waals surface area contributed by atoms with E-state index in [1.165, 1.54) is 19.3 Å². The van der Waals surface area contributed by atoms with Crippen LogP contribution in [0.2, 0.25) is 0 Å². The van der Waals surface area contributed by atoms with Crippen LogP contribution in [0.1, 0.15) is 25.7 Å². The molecule has 1 aliphatic carbocycles. The summed E-state index contributed by atoms with van der Waals surface area (Å²) in [5.74, 6) is 1.39. The van der Waals surface area contributed by atoms with Gasteiger partial charge in [-0.05, 0) is 32.2 Å². The lowest BCUT2D eigenvalue weighted by atomic mass is 9.85. The zero-order valence-corrected chi connectivity index (χ0v) is 9.58. The fourth-order valence-corrected chi connectivity index (χ4v) is 2.36. The molecule has 15 heavy (non-hydrogen) atoms. The van der Waals surface area contributed by atoms with Gasteiger partial charge in [-0.2, -0.15) is 0 Å². The van der Waals surface area contributed by atoms with Gasteiger partial charge in [-0.15, -0.1) is 0 Å². The Morgan fingerprint density at radius 1 is 1.40 bits per heavy atom. The van der Waals surface area contributed by atoms with Crippen LogP contribution >= 0.6 is 0 Å². The quantitative estimate of drug-likeness (QED) is 0.687. The molecule has 0 aromatic rings. The number of rotatable bonds is 5. The van der Waals surface area contributed by atoms with E-state index < -0.39 is 0 Å². The van der Waals surface area contributed by atoms with Crippen LogP contribution in [0, 0.1) is 11.8 Å². The van der Waals surface area contributed by atoms with E-state index in [1.54, 1.807) is 0 Å². The van der Waals surface area contributed by atoms with Gasteiger partial charge in [-0.3, -0.25) is 9.69 Å². The van der Waals surface area contributed by atoms with E-state index in [9.17, 15) is 4.79 Å². The van der Waals surface area contributed by atoms with Crippen molar-refractivity contribution in [1.82, 2.24) is 4.90 Å². The SMILES string of the molecule is CN(CC(=O)C1CCOC1)CC1CCC1. The van der Waals surface area contributed by atoms with Crippen LogP contribution in [0.25, 0.3) is 0 Å². The summed E-state index contributed by atoms with van der Waals surface area (Å²) in [6.07, 6.45) is 5.01. The maximum Gasteiger partial charge on any atom is 0.152 e. The predicted octanol–water partition coefficient (Wildman–Crippen LogP) is 1.32. The smallest absolute Gasteiger partial charge is 0.152 e. The van der Waals surface area contributed by atoms with Crippen LogP contribution in [0.3, 0.4) is 0 Å². The van der Waals surface area contributed by atoms with Crippen molar-refractivity contribution in [2.45, 2.75) is 25.7 Å². The van der Waals surface area contributed by atoms with Crippen LogP contribution in [0.5, 0.6) is 0 Å². The molecule has 1 atom stereocenters. The average Bonchev–Trinajstić information content (AvgIpc) is 2.64. The molecule has 0 N–H and O–H groups in total. The van der Waals surface area contributed by atoms with E-state index in [2.05, 4.69) is 11.9 Å². The highest BCUT2D eigenvalue weighted by Crippen LogP contribution is 2.26. The number of hydrogen-bond acceptors (Lipinski definition) is 3. The Morgan fingerprint density at radius 2 is 2.20 bits per heavy atom. The molecular weight excluding hydrogens is 190 g/mol. The Bertz CT molecular complexity index is 220. The summed E-state index contributed by atoms with van der Waals surface area (Å²) in [6.45, 7) is 3.13. The predicted molar refractivity (Wildman–Crippen MR) is 58.8 cm³/mol. The molecule has 0 aromatic heterocycles. The molecule has 3 heteroatoms. The molecule has 1 heterocycles. The molecule has 0 bridgehead atoms. The summed E-state index contributed by atoms with van der Waals surface area (Å²) in [7, 11) is 2.06.